The zero-order valence-electron chi connectivity index (χ0n) is 17.9. The Morgan fingerprint density at radius 3 is 2.23 bits per heavy atom. The van der Waals surface area contributed by atoms with Crippen LogP contribution < -0.4 is 0 Å². The average Bonchev–Trinajstić information content (AvgIpc) is 2.69. The van der Waals surface area contributed by atoms with E-state index in [0.717, 1.165) is 37.8 Å². The Labute approximate surface area is 177 Å². The van der Waals surface area contributed by atoms with E-state index in [9.17, 15) is 22.0 Å². The van der Waals surface area contributed by atoms with Crippen molar-refractivity contribution >= 4 is 0 Å². The Kier molecular flexibility index (Phi) is 7.47. The first-order valence-electron chi connectivity index (χ1n) is 11.2. The van der Waals surface area contributed by atoms with E-state index in [1.54, 1.807) is 12.1 Å². The fraction of sp³-hybridized carbons (Fsp3) is 0.708. The molecule has 1 aromatic carbocycles. The predicted octanol–water partition coefficient (Wildman–Crippen LogP) is 7.47. The van der Waals surface area contributed by atoms with Crippen LogP contribution in [0.2, 0.25) is 0 Å². The van der Waals surface area contributed by atoms with Gasteiger partial charge >= 0.3 is 6.18 Å². The molecule has 0 aliphatic heterocycles. The minimum atomic E-state index is -4.34. The van der Waals surface area contributed by atoms with Gasteiger partial charge < -0.3 is 0 Å². The second-order valence-electron chi connectivity index (χ2n) is 9.40. The van der Waals surface area contributed by atoms with Gasteiger partial charge in [0.25, 0.3) is 0 Å². The number of benzene rings is 1. The Balaban J connectivity index is 1.82. The summed E-state index contributed by atoms with van der Waals surface area (Å²) in [5.74, 6) is -1.94. The molecule has 0 amide bonds. The molecular formula is C24H33F5N. The molecule has 1 radical (unpaired) electrons. The lowest BCUT2D eigenvalue weighted by molar-refractivity contribution is -0.137. The zero-order valence-corrected chi connectivity index (χ0v) is 17.9. The SMILES string of the molecule is CC(C)CCN(C1CCC(F)(F)CC1)[C@@H]1CC[CH]C[C@H]1c1ccc(C(F)(F)F)cc1. The summed E-state index contributed by atoms with van der Waals surface area (Å²) in [6, 6.07) is 5.86. The van der Waals surface area contributed by atoms with E-state index in [1.165, 1.54) is 12.1 Å². The maximum absolute atomic E-state index is 13.8. The highest BCUT2D eigenvalue weighted by Gasteiger charge is 2.41. The second-order valence-corrected chi connectivity index (χ2v) is 9.40. The average molecular weight is 431 g/mol. The summed E-state index contributed by atoms with van der Waals surface area (Å²) in [6.45, 7) is 5.18. The predicted molar refractivity (Wildman–Crippen MR) is 109 cm³/mol. The molecule has 169 valence electrons. The van der Waals surface area contributed by atoms with Gasteiger partial charge in [-0.05, 0) is 81.0 Å². The van der Waals surface area contributed by atoms with Crippen molar-refractivity contribution in [3.63, 3.8) is 0 Å². The van der Waals surface area contributed by atoms with Crippen molar-refractivity contribution in [2.45, 2.75) is 95.3 Å². The third-order valence-electron chi connectivity index (χ3n) is 6.76. The molecule has 0 spiro atoms. The van der Waals surface area contributed by atoms with Gasteiger partial charge in [0.2, 0.25) is 5.92 Å². The van der Waals surface area contributed by atoms with Crippen LogP contribution in [-0.4, -0.2) is 29.5 Å². The Bertz CT molecular complexity index is 657. The van der Waals surface area contributed by atoms with Crippen molar-refractivity contribution in [2.24, 2.45) is 5.92 Å². The lowest BCUT2D eigenvalue weighted by Crippen LogP contribution is -2.50. The van der Waals surface area contributed by atoms with Crippen LogP contribution in [0.15, 0.2) is 24.3 Å². The summed E-state index contributed by atoms with van der Waals surface area (Å²) >= 11 is 0. The highest BCUT2D eigenvalue weighted by molar-refractivity contribution is 5.29. The number of nitrogens with zero attached hydrogens (tertiary/aromatic N) is 1. The van der Waals surface area contributed by atoms with E-state index in [2.05, 4.69) is 25.2 Å². The van der Waals surface area contributed by atoms with E-state index in [1.807, 2.05) is 0 Å². The molecule has 0 N–H and O–H groups in total. The molecule has 0 unspecified atom stereocenters. The van der Waals surface area contributed by atoms with Crippen LogP contribution in [0.25, 0.3) is 0 Å². The van der Waals surface area contributed by atoms with E-state index < -0.39 is 17.7 Å². The summed E-state index contributed by atoms with van der Waals surface area (Å²) in [6.07, 6.45) is 2.42. The summed E-state index contributed by atoms with van der Waals surface area (Å²) in [5.41, 5.74) is 0.286. The Hall–Kier alpha value is -1.17. The highest BCUT2D eigenvalue weighted by Crippen LogP contribution is 2.42. The first kappa shape index (κ1) is 23.5. The van der Waals surface area contributed by atoms with Crippen LogP contribution in [0, 0.1) is 12.3 Å². The lowest BCUT2D eigenvalue weighted by atomic mass is 9.77. The number of hydrogen-bond acceptors (Lipinski definition) is 1. The van der Waals surface area contributed by atoms with E-state index in [0.29, 0.717) is 18.8 Å². The van der Waals surface area contributed by atoms with Crippen LogP contribution in [0.3, 0.4) is 0 Å². The molecule has 3 rings (SSSR count). The molecule has 2 aliphatic carbocycles. The number of halogens is 5. The minimum Gasteiger partial charge on any atom is -0.297 e. The number of alkyl halides is 5. The fourth-order valence-electron chi connectivity index (χ4n) is 5.00. The van der Waals surface area contributed by atoms with Gasteiger partial charge in [-0.15, -0.1) is 0 Å². The maximum atomic E-state index is 13.8. The van der Waals surface area contributed by atoms with E-state index in [-0.39, 0.29) is 30.8 Å². The Morgan fingerprint density at radius 1 is 1.03 bits per heavy atom. The first-order chi connectivity index (χ1) is 14.1. The van der Waals surface area contributed by atoms with Gasteiger partial charge in [-0.2, -0.15) is 13.2 Å². The molecule has 2 fully saturated rings. The van der Waals surface area contributed by atoms with Crippen molar-refractivity contribution in [3.8, 4) is 0 Å². The quantitative estimate of drug-likeness (QED) is 0.423. The molecule has 0 heterocycles. The van der Waals surface area contributed by atoms with Crippen molar-refractivity contribution < 1.29 is 22.0 Å². The summed E-state index contributed by atoms with van der Waals surface area (Å²) in [4.78, 5) is 2.44. The van der Waals surface area contributed by atoms with Gasteiger partial charge in [0.05, 0.1) is 5.56 Å². The number of hydrogen-bond donors (Lipinski definition) is 0. The van der Waals surface area contributed by atoms with E-state index >= 15 is 0 Å². The van der Waals surface area contributed by atoms with Gasteiger partial charge in [-0.25, -0.2) is 8.78 Å². The topological polar surface area (TPSA) is 3.24 Å². The largest absolute Gasteiger partial charge is 0.416 e. The fourth-order valence-corrected chi connectivity index (χ4v) is 5.00. The molecule has 2 atom stereocenters. The van der Waals surface area contributed by atoms with E-state index in [4.69, 9.17) is 0 Å². The summed E-state index contributed by atoms with van der Waals surface area (Å²) < 4.78 is 66.4. The molecule has 30 heavy (non-hydrogen) atoms. The molecule has 2 saturated carbocycles. The monoisotopic (exact) mass is 430 g/mol. The van der Waals surface area contributed by atoms with Gasteiger partial charge in [-0.1, -0.05) is 26.0 Å². The molecule has 6 heteroatoms. The molecule has 0 bridgehead atoms. The standard InChI is InChI=1S/C24H33F5N/c1-17(2)13-16-30(20-11-14-23(25,26)15-12-20)22-6-4-3-5-21(22)18-7-9-19(10-8-18)24(27,28)29/h3,7-10,17,20-22H,4-6,11-16H2,1-2H3/t21-,22+/m0/s1. The van der Waals surface area contributed by atoms with Gasteiger partial charge in [0.15, 0.2) is 0 Å². The molecule has 1 aromatic rings. The van der Waals surface area contributed by atoms with Crippen LogP contribution in [0.5, 0.6) is 0 Å². The van der Waals surface area contributed by atoms with Gasteiger partial charge in [-0.3, -0.25) is 4.90 Å². The molecule has 1 nitrogen and oxygen atoms in total. The third kappa shape index (κ3) is 5.95. The van der Waals surface area contributed by atoms with Crippen molar-refractivity contribution in [3.05, 3.63) is 41.8 Å². The Morgan fingerprint density at radius 2 is 1.67 bits per heavy atom. The van der Waals surface area contributed by atoms with Crippen molar-refractivity contribution in [1.29, 1.82) is 0 Å². The number of rotatable bonds is 6. The lowest BCUT2D eigenvalue weighted by Gasteiger charge is -2.46. The molecule has 0 aromatic heterocycles. The first-order valence-corrected chi connectivity index (χ1v) is 11.2. The normalized spacial score (nSPS) is 25.8. The van der Waals surface area contributed by atoms with Crippen LogP contribution >= 0.6 is 0 Å². The van der Waals surface area contributed by atoms with Crippen molar-refractivity contribution in [2.75, 3.05) is 6.54 Å². The van der Waals surface area contributed by atoms with Gasteiger partial charge in [0.1, 0.15) is 0 Å². The molecule has 0 saturated heterocycles. The summed E-state index contributed by atoms with van der Waals surface area (Å²) in [5, 5.41) is 0. The van der Waals surface area contributed by atoms with Crippen LogP contribution in [0.1, 0.15) is 82.3 Å². The van der Waals surface area contributed by atoms with Crippen LogP contribution in [0.4, 0.5) is 22.0 Å². The van der Waals surface area contributed by atoms with Crippen LogP contribution in [-0.2, 0) is 6.18 Å². The summed E-state index contributed by atoms with van der Waals surface area (Å²) in [7, 11) is 0. The third-order valence-corrected chi connectivity index (χ3v) is 6.76. The smallest absolute Gasteiger partial charge is 0.297 e. The van der Waals surface area contributed by atoms with Gasteiger partial charge in [0, 0.05) is 24.9 Å². The minimum absolute atomic E-state index is 0.0698. The van der Waals surface area contributed by atoms with Crippen molar-refractivity contribution in [1.82, 2.24) is 4.90 Å². The second kappa shape index (κ2) is 9.54. The zero-order chi connectivity index (χ0) is 21.9. The molecular weight excluding hydrogens is 397 g/mol. The maximum Gasteiger partial charge on any atom is 0.416 e. The highest BCUT2D eigenvalue weighted by atomic mass is 19.4. The molecule has 2 aliphatic rings.